The minimum absolute atomic E-state index is 0.000769. The van der Waals surface area contributed by atoms with Gasteiger partial charge in [0, 0.05) is 86.8 Å². The zero-order chi connectivity index (χ0) is 81.5. The highest BCUT2D eigenvalue weighted by molar-refractivity contribution is 6.66. The summed E-state index contributed by atoms with van der Waals surface area (Å²) in [5, 5.41) is 8.28. The third-order valence-corrected chi connectivity index (χ3v) is 17.3. The summed E-state index contributed by atoms with van der Waals surface area (Å²) >= 11 is 16.8. The van der Waals surface area contributed by atoms with Gasteiger partial charge in [0.2, 0.25) is 28.3 Å². The highest BCUT2D eigenvalue weighted by Crippen LogP contribution is 2.45. The van der Waals surface area contributed by atoms with Crippen LogP contribution in [0.3, 0.4) is 0 Å². The molecule has 0 aliphatic carbocycles. The number of hydrogen-bond donors (Lipinski definition) is 6. The molecule has 3 aromatic heterocycles. The van der Waals surface area contributed by atoms with E-state index in [1.807, 2.05) is 24.3 Å². The summed E-state index contributed by atoms with van der Waals surface area (Å²) in [4.78, 5) is 95.7. The van der Waals surface area contributed by atoms with Crippen LogP contribution in [0.5, 0.6) is 34.5 Å². The van der Waals surface area contributed by atoms with Gasteiger partial charge < -0.3 is 66.5 Å². The van der Waals surface area contributed by atoms with Crippen molar-refractivity contribution in [2.75, 3.05) is 146 Å². The van der Waals surface area contributed by atoms with Crippen molar-refractivity contribution in [1.29, 1.82) is 0 Å². The van der Waals surface area contributed by atoms with Crippen molar-refractivity contribution in [3.8, 4) is 34.5 Å². The third-order valence-electron chi connectivity index (χ3n) is 16.6. The van der Waals surface area contributed by atoms with Gasteiger partial charge in [-0.1, -0.05) is 81.9 Å². The molecule has 9 aromatic rings. The zero-order valence-corrected chi connectivity index (χ0v) is 64.9. The first kappa shape index (κ1) is 85.7. The molecule has 3 aliphatic rings. The number of nitrogens with zero attached hydrogens (tertiary/aromatic N) is 13. The van der Waals surface area contributed by atoms with Crippen molar-refractivity contribution in [2.45, 2.75) is 40.4 Å². The predicted octanol–water partition coefficient (Wildman–Crippen LogP) is 14.3. The SMILES string of the molecule is C=CC(=O)Cl.C=CC(=O)Nc1ccccc1Nc1ncc2c(n1)N(C)C(=O)N(c1cc(OC)cc(OC)c1F)C2.CCN(CC)CC.COc1cc(OC)c(Cl)c(N2Cc3cnc(Nc4ccccc4N)nc3N(C)C2=O)c1F.COc1cc(OC)c(F)c(N2Cc3cnc(Cl)nc3N(C)C2=O)c1.Nc1ccccc1N. The molecule has 3 aliphatic heterocycles. The number of fused-ring (bicyclic) bond motifs is 3. The van der Waals surface area contributed by atoms with Gasteiger partial charge in [-0.3, -0.25) is 39.0 Å². The smallest absolute Gasteiger partial charge is 0.330 e. The summed E-state index contributed by atoms with van der Waals surface area (Å²) in [5.41, 5.74) is 22.0. The quantitative estimate of drug-likeness (QED) is 0.0189. The first-order chi connectivity index (χ1) is 53.1. The molecule has 30 nitrogen and oxygen atoms in total. The van der Waals surface area contributed by atoms with Crippen molar-refractivity contribution < 1.29 is 65.6 Å². The molecule has 111 heavy (non-hydrogen) atoms. The highest BCUT2D eigenvalue weighted by Gasteiger charge is 2.38. The number of hydrogen-bond acceptors (Lipinski definition) is 23. The monoisotopic (exact) mass is 1590 g/mol. The number of halogens is 6. The number of carbonyl (C=O) groups is 5. The number of para-hydroxylation sites is 6. The number of benzene rings is 6. The molecule has 9 N–H and O–H groups in total. The van der Waals surface area contributed by atoms with E-state index in [0.717, 1.165) is 6.08 Å². The summed E-state index contributed by atoms with van der Waals surface area (Å²) in [5.74, 6) is -0.118. The molecular formula is C75H83Cl3F3N19O11. The second-order valence-corrected chi connectivity index (χ2v) is 24.4. The van der Waals surface area contributed by atoms with Crippen molar-refractivity contribution in [1.82, 2.24) is 34.8 Å². The average molecular weight is 1590 g/mol. The van der Waals surface area contributed by atoms with Gasteiger partial charge >= 0.3 is 18.1 Å². The maximum absolute atomic E-state index is 15.1. The molecular weight excluding hydrogens is 1510 g/mol. The molecule has 0 unspecified atom stereocenters. The fraction of sp³-hybridized carbons (Fsp3) is 0.240. The van der Waals surface area contributed by atoms with Crippen LogP contribution in [0.15, 0.2) is 147 Å². The Kier molecular flexibility index (Phi) is 30.9. The van der Waals surface area contributed by atoms with Crippen molar-refractivity contribution in [2.24, 2.45) is 0 Å². The Balaban J connectivity index is 0.000000207. The molecule has 0 spiro atoms. The van der Waals surface area contributed by atoms with E-state index < -0.39 is 40.8 Å². The van der Waals surface area contributed by atoms with Crippen LogP contribution in [0.1, 0.15) is 37.5 Å². The van der Waals surface area contributed by atoms with E-state index in [0.29, 0.717) is 79.8 Å². The topological polar surface area (TPSA) is 355 Å². The van der Waals surface area contributed by atoms with Crippen LogP contribution in [-0.2, 0) is 29.2 Å². The van der Waals surface area contributed by atoms with Gasteiger partial charge in [-0.2, -0.15) is 15.0 Å². The Bertz CT molecular complexity index is 4810. The lowest BCUT2D eigenvalue weighted by Crippen LogP contribution is -2.46. The number of nitrogen functional groups attached to an aromatic ring is 3. The predicted molar refractivity (Wildman–Crippen MR) is 427 cm³/mol. The Morgan fingerprint density at radius 3 is 1.29 bits per heavy atom. The summed E-state index contributed by atoms with van der Waals surface area (Å²) in [6.07, 6.45) is 6.83. The van der Waals surface area contributed by atoms with Crippen LogP contribution >= 0.6 is 34.8 Å². The lowest BCUT2D eigenvalue weighted by Gasteiger charge is -2.34. The fourth-order valence-corrected chi connectivity index (χ4v) is 11.1. The Labute approximate surface area is 654 Å². The van der Waals surface area contributed by atoms with Gasteiger partial charge in [0.1, 0.15) is 45.4 Å². The summed E-state index contributed by atoms with van der Waals surface area (Å²) in [6, 6.07) is 27.0. The molecule has 0 bridgehead atoms. The molecule has 0 saturated heterocycles. The Morgan fingerprint density at radius 1 is 0.514 bits per heavy atom. The molecule has 12 rings (SSSR count). The molecule has 0 atom stereocenters. The fourth-order valence-electron chi connectivity index (χ4n) is 10.6. The van der Waals surface area contributed by atoms with Gasteiger partial charge in [0.15, 0.2) is 34.7 Å². The van der Waals surface area contributed by atoms with Crippen molar-refractivity contribution >= 4 is 145 Å². The van der Waals surface area contributed by atoms with E-state index >= 15 is 8.78 Å². The Hall–Kier alpha value is -12.6. The maximum Gasteiger partial charge on any atom is 0.330 e. The maximum atomic E-state index is 15.1. The third kappa shape index (κ3) is 21.0. The van der Waals surface area contributed by atoms with Crippen LogP contribution in [0.4, 0.5) is 108 Å². The number of ether oxygens (including phenoxy) is 6. The van der Waals surface area contributed by atoms with Crippen LogP contribution < -0.4 is 91.0 Å². The van der Waals surface area contributed by atoms with Gasteiger partial charge in [0.05, 0.1) is 108 Å². The average Bonchev–Trinajstić information content (AvgIpc) is 0.768. The second kappa shape index (κ2) is 40.0. The van der Waals surface area contributed by atoms with E-state index in [-0.39, 0.29) is 87.8 Å². The number of anilines is 14. The van der Waals surface area contributed by atoms with E-state index in [9.17, 15) is 28.4 Å². The molecule has 6 aromatic carbocycles. The minimum atomic E-state index is -0.776. The number of allylic oxidation sites excluding steroid dienone is 1. The molecule has 0 radical (unpaired) electrons. The first-order valence-corrected chi connectivity index (χ1v) is 34.6. The number of amides is 7. The largest absolute Gasteiger partial charge is 0.497 e. The molecule has 0 fully saturated rings. The number of carbonyl (C=O) groups excluding carboxylic acids is 5. The standard InChI is InChI=1S/C24H23FN6O4.C21H20ClFN6O3.C15H14ClFN4O3.C6H8N2.C6H15N.C3H3ClO/c1-5-20(32)27-16-8-6-7-9-17(16)28-23-26-12-14-13-31(24(33)30(2)22(14)29-23)18-10-15(34-3)11-19(35-4)21(18)25;1-28-19-11(9-25-20(27-19)26-13-7-5-4-6-12(13)24)10-29(21(28)30)18-16(22)14(31-2)8-15(32-3)17(18)23;1-20-13-8(6-18-14(16)19-13)7-21(15(20)22)10-4-9(23-2)5-11(24-3)12(10)17;7-5-3-1-2-4-6(5)8;1-4-7(5-2)6-3;1-2-3(4)5/h5-12H,1,13H2,2-4H3,(H,27,32)(H,26,28,29);4-9H,10,24H2,1-3H3,(H,25,26,27);4-6H,7H2,1-3H3;1-4H,7-8H2;4-6H2,1-3H3;2H,1H2. The van der Waals surface area contributed by atoms with Gasteiger partial charge in [-0.15, -0.1) is 0 Å². The van der Waals surface area contributed by atoms with Crippen LogP contribution in [0.2, 0.25) is 10.3 Å². The first-order valence-electron chi connectivity index (χ1n) is 33.5. The number of methoxy groups -OCH3 is 6. The van der Waals surface area contributed by atoms with Crippen LogP contribution in [0.25, 0.3) is 0 Å². The van der Waals surface area contributed by atoms with Gasteiger partial charge in [0.25, 0.3) is 0 Å². The van der Waals surface area contributed by atoms with E-state index in [2.05, 4.69) is 84.7 Å². The Morgan fingerprint density at radius 2 is 0.892 bits per heavy atom. The molecule has 586 valence electrons. The van der Waals surface area contributed by atoms with Crippen LogP contribution in [-0.4, -0.2) is 147 Å². The van der Waals surface area contributed by atoms with E-state index in [1.54, 1.807) is 60.9 Å². The molecule has 7 amide bonds. The summed E-state index contributed by atoms with van der Waals surface area (Å²) in [7, 11) is 12.9. The molecule has 36 heteroatoms. The number of nitrogens with one attached hydrogen (secondary N) is 3. The van der Waals surface area contributed by atoms with Crippen LogP contribution in [0, 0.1) is 17.5 Å². The van der Waals surface area contributed by atoms with Crippen molar-refractivity contribution in [3.63, 3.8) is 0 Å². The number of urea groups is 3. The van der Waals surface area contributed by atoms with Gasteiger partial charge in [-0.25, -0.2) is 42.5 Å². The highest BCUT2D eigenvalue weighted by atomic mass is 35.5. The summed E-state index contributed by atoms with van der Waals surface area (Å²) in [6.45, 7) is 16.8. The van der Waals surface area contributed by atoms with Crippen molar-refractivity contribution in [3.05, 3.63) is 191 Å². The summed E-state index contributed by atoms with van der Waals surface area (Å²) < 4.78 is 75.6. The lowest BCUT2D eigenvalue weighted by molar-refractivity contribution is -0.112. The van der Waals surface area contributed by atoms with E-state index in [1.165, 1.54) is 155 Å². The van der Waals surface area contributed by atoms with Gasteiger partial charge in [-0.05, 0) is 91.4 Å². The number of rotatable bonds is 19. The molecule has 6 heterocycles. The number of aromatic nitrogens is 6. The molecule has 0 saturated carbocycles. The minimum Gasteiger partial charge on any atom is -0.497 e. The lowest BCUT2D eigenvalue weighted by atomic mass is 10.1. The zero-order valence-electron chi connectivity index (χ0n) is 62.7. The normalized spacial score (nSPS) is 12.3. The number of nitrogens with two attached hydrogens (primary N) is 3. The van der Waals surface area contributed by atoms with E-state index in [4.69, 9.17) is 80.4 Å². The second-order valence-electron chi connectivity index (χ2n) is 23.3.